The van der Waals surface area contributed by atoms with Gasteiger partial charge in [-0.15, -0.1) is 0 Å². The first-order valence-corrected chi connectivity index (χ1v) is 14.4. The summed E-state index contributed by atoms with van der Waals surface area (Å²) in [5.41, 5.74) is 15.3. The summed E-state index contributed by atoms with van der Waals surface area (Å²) in [6.45, 7) is 6.93. The molecule has 4 rings (SSSR count). The number of nitrogens with two attached hydrogens (primary N) is 3. The predicted octanol–water partition coefficient (Wildman–Crippen LogP) is 5.35. The van der Waals surface area contributed by atoms with E-state index in [4.69, 9.17) is 32.5 Å². The Morgan fingerprint density at radius 2 is 0.795 bits per heavy atom. The molecule has 0 radical (unpaired) electrons. The maximum absolute atomic E-state index is 10.7. The Balaban J connectivity index is 0.000000273. The molecule has 0 heterocycles. The highest BCUT2D eigenvalue weighted by Crippen LogP contribution is 2.23. The molecule has 0 amide bonds. The lowest BCUT2D eigenvalue weighted by Crippen LogP contribution is -2.25. The molecule has 3 aliphatic carbocycles. The molecule has 3 fully saturated rings. The Hall–Kier alpha value is -2.49. The van der Waals surface area contributed by atoms with E-state index >= 15 is 0 Å². The maximum Gasteiger partial charge on any atom is 0.337 e. The Kier molecular flexibility index (Phi) is 15.9. The summed E-state index contributed by atoms with van der Waals surface area (Å²) in [7, 11) is 0. The summed E-state index contributed by atoms with van der Waals surface area (Å²) in [5, 5.41) is 26.0. The van der Waals surface area contributed by atoms with Crippen LogP contribution in [0.2, 0.25) is 0 Å². The topological polar surface area (TPSA) is 190 Å². The molecule has 0 bridgehead atoms. The summed E-state index contributed by atoms with van der Waals surface area (Å²) in [5.74, 6) is -1.71. The van der Waals surface area contributed by atoms with Crippen molar-refractivity contribution in [1.29, 1.82) is 0 Å². The minimum atomic E-state index is -1.58. The second-order valence-corrected chi connectivity index (χ2v) is 11.7. The fourth-order valence-corrected chi connectivity index (χ4v) is 5.00. The molecule has 0 aliphatic heterocycles. The molecule has 9 N–H and O–H groups in total. The van der Waals surface area contributed by atoms with Crippen LogP contribution in [-0.2, 0) is 0 Å². The van der Waals surface area contributed by atoms with Crippen LogP contribution in [0.15, 0.2) is 18.2 Å². The molecule has 1 aromatic carbocycles. The summed E-state index contributed by atoms with van der Waals surface area (Å²) in [4.78, 5) is 32.0. The van der Waals surface area contributed by atoms with Gasteiger partial charge in [-0.25, -0.2) is 14.4 Å². The van der Waals surface area contributed by atoms with Crippen LogP contribution >= 0.6 is 0 Å². The largest absolute Gasteiger partial charge is 0.478 e. The first-order chi connectivity index (χ1) is 18.3. The fraction of sp³-hybridized carbons (Fsp3) is 0.700. The van der Waals surface area contributed by atoms with Crippen molar-refractivity contribution in [3.63, 3.8) is 0 Å². The molecular formula is C30H51N3O6. The van der Waals surface area contributed by atoms with Gasteiger partial charge >= 0.3 is 17.9 Å². The lowest BCUT2D eigenvalue weighted by atomic mass is 9.88. The summed E-state index contributed by atoms with van der Waals surface area (Å²) in [6, 6.07) is 4.82. The van der Waals surface area contributed by atoms with E-state index in [2.05, 4.69) is 20.8 Å². The number of hydrogen-bond acceptors (Lipinski definition) is 6. The monoisotopic (exact) mass is 549 g/mol. The van der Waals surface area contributed by atoms with Crippen molar-refractivity contribution in [2.75, 3.05) is 0 Å². The molecule has 0 unspecified atom stereocenters. The molecule has 1 aromatic rings. The van der Waals surface area contributed by atoms with Gasteiger partial charge in [-0.3, -0.25) is 0 Å². The van der Waals surface area contributed by atoms with Crippen LogP contribution in [0.25, 0.3) is 0 Å². The highest BCUT2D eigenvalue weighted by atomic mass is 16.4. The molecule has 39 heavy (non-hydrogen) atoms. The number of rotatable bonds is 3. The summed E-state index contributed by atoms with van der Waals surface area (Å²) >= 11 is 0. The highest BCUT2D eigenvalue weighted by molar-refractivity contribution is 6.09. The number of aromatic carboxylic acids is 3. The zero-order chi connectivity index (χ0) is 29.5. The van der Waals surface area contributed by atoms with Crippen LogP contribution in [0, 0.1) is 17.8 Å². The van der Waals surface area contributed by atoms with Gasteiger partial charge in [0.25, 0.3) is 0 Å². The molecule has 222 valence electrons. The Morgan fingerprint density at radius 3 is 0.974 bits per heavy atom. The van der Waals surface area contributed by atoms with E-state index in [1.165, 1.54) is 83.1 Å². The molecule has 3 saturated carbocycles. The van der Waals surface area contributed by atoms with Gasteiger partial charge in [-0.05, 0) is 107 Å². The average Bonchev–Trinajstić information content (AvgIpc) is 2.90. The van der Waals surface area contributed by atoms with E-state index in [9.17, 15) is 14.4 Å². The van der Waals surface area contributed by atoms with Gasteiger partial charge < -0.3 is 32.5 Å². The van der Waals surface area contributed by atoms with E-state index in [0.29, 0.717) is 18.1 Å². The number of hydrogen-bond donors (Lipinski definition) is 6. The number of carboxylic acid groups (broad SMARTS) is 3. The Labute approximate surface area is 233 Å². The Bertz CT molecular complexity index is 775. The lowest BCUT2D eigenvalue weighted by molar-refractivity contribution is 0.0633. The van der Waals surface area contributed by atoms with Crippen molar-refractivity contribution in [2.45, 2.75) is 116 Å². The molecule has 9 heteroatoms. The predicted molar refractivity (Wildman–Crippen MR) is 154 cm³/mol. The summed E-state index contributed by atoms with van der Waals surface area (Å²) < 4.78 is 0. The van der Waals surface area contributed by atoms with Crippen molar-refractivity contribution in [2.24, 2.45) is 35.0 Å². The third kappa shape index (κ3) is 13.9. The van der Waals surface area contributed by atoms with Crippen molar-refractivity contribution in [3.05, 3.63) is 34.9 Å². The van der Waals surface area contributed by atoms with Crippen LogP contribution in [0.1, 0.15) is 129 Å². The van der Waals surface area contributed by atoms with Crippen LogP contribution < -0.4 is 17.2 Å². The van der Waals surface area contributed by atoms with Crippen molar-refractivity contribution >= 4 is 17.9 Å². The molecule has 0 atom stereocenters. The van der Waals surface area contributed by atoms with E-state index < -0.39 is 34.6 Å². The van der Waals surface area contributed by atoms with Gasteiger partial charge in [0.05, 0.1) is 16.7 Å². The highest BCUT2D eigenvalue weighted by Gasteiger charge is 2.23. The van der Waals surface area contributed by atoms with E-state index in [1.807, 2.05) is 0 Å². The second-order valence-electron chi connectivity index (χ2n) is 11.7. The van der Waals surface area contributed by atoms with Gasteiger partial charge in [-0.1, -0.05) is 26.8 Å². The zero-order valence-corrected chi connectivity index (χ0v) is 24.0. The lowest BCUT2D eigenvalue weighted by Gasteiger charge is -2.22. The minimum Gasteiger partial charge on any atom is -0.478 e. The first kappa shape index (κ1) is 34.5. The van der Waals surface area contributed by atoms with Gasteiger partial charge in [-0.2, -0.15) is 0 Å². The van der Waals surface area contributed by atoms with Crippen LogP contribution in [0.5, 0.6) is 0 Å². The quantitative estimate of drug-likeness (QED) is 0.288. The van der Waals surface area contributed by atoms with Gasteiger partial charge in [0.2, 0.25) is 0 Å². The zero-order valence-electron chi connectivity index (χ0n) is 24.0. The molecular weight excluding hydrogens is 498 g/mol. The molecule has 9 nitrogen and oxygen atoms in total. The molecule has 0 saturated heterocycles. The van der Waals surface area contributed by atoms with Crippen molar-refractivity contribution < 1.29 is 29.7 Å². The van der Waals surface area contributed by atoms with E-state index in [0.717, 1.165) is 29.9 Å². The fourth-order valence-electron chi connectivity index (χ4n) is 5.00. The van der Waals surface area contributed by atoms with Gasteiger partial charge in [0.1, 0.15) is 0 Å². The normalized spacial score (nSPS) is 28.2. The van der Waals surface area contributed by atoms with Crippen LogP contribution in [-0.4, -0.2) is 51.4 Å². The summed E-state index contributed by atoms with van der Waals surface area (Å²) in [6.07, 6.45) is 15.6. The minimum absolute atomic E-state index is 0.520. The first-order valence-electron chi connectivity index (χ1n) is 14.4. The number of benzene rings is 1. The SMILES string of the molecule is CC1CCC(N)CC1.CC1CCC(N)CC1.CC1CCC(N)CC1.O=C(O)c1cccc(C(=O)O)c1C(=O)O. The second kappa shape index (κ2) is 18.0. The Morgan fingerprint density at radius 1 is 0.538 bits per heavy atom. The van der Waals surface area contributed by atoms with Crippen LogP contribution in [0.4, 0.5) is 0 Å². The standard InChI is InChI=1S/C9H6O6.3C7H15N/c10-7(11)4-2-1-3-5(8(12)13)6(4)9(14)15;3*1-6-2-4-7(8)5-3-6/h1-3H,(H,10,11)(H,12,13)(H,14,15);3*6-7H,2-5,8H2,1H3. The molecule has 0 aromatic heterocycles. The molecule has 0 spiro atoms. The van der Waals surface area contributed by atoms with Crippen molar-refractivity contribution in [3.8, 4) is 0 Å². The average molecular weight is 550 g/mol. The smallest absolute Gasteiger partial charge is 0.337 e. The van der Waals surface area contributed by atoms with E-state index in [-0.39, 0.29) is 0 Å². The number of carboxylic acids is 3. The van der Waals surface area contributed by atoms with Crippen molar-refractivity contribution in [1.82, 2.24) is 0 Å². The third-order valence-electron chi connectivity index (χ3n) is 7.92. The van der Waals surface area contributed by atoms with Gasteiger partial charge in [0.15, 0.2) is 0 Å². The maximum atomic E-state index is 10.7. The van der Waals surface area contributed by atoms with Gasteiger partial charge in [0, 0.05) is 18.1 Å². The number of carbonyl (C=O) groups is 3. The molecule has 3 aliphatic rings. The van der Waals surface area contributed by atoms with E-state index in [1.54, 1.807) is 0 Å². The third-order valence-corrected chi connectivity index (χ3v) is 7.92. The van der Waals surface area contributed by atoms with Crippen LogP contribution in [0.3, 0.4) is 0 Å².